The third kappa shape index (κ3) is 6.30. The lowest BCUT2D eigenvalue weighted by Crippen LogP contribution is -2.58. The minimum absolute atomic E-state index is 0.0544. The Labute approximate surface area is 233 Å². The van der Waals surface area contributed by atoms with Gasteiger partial charge in [-0.1, -0.05) is 37.0 Å². The van der Waals surface area contributed by atoms with Crippen LogP contribution in [0.5, 0.6) is 0 Å². The lowest BCUT2D eigenvalue weighted by atomic mass is 9.97. The van der Waals surface area contributed by atoms with Crippen LogP contribution in [0.4, 0.5) is 11.6 Å². The van der Waals surface area contributed by atoms with Gasteiger partial charge in [0.15, 0.2) is 11.0 Å². The predicted octanol–water partition coefficient (Wildman–Crippen LogP) is 3.49. The Morgan fingerprint density at radius 3 is 2.50 bits per heavy atom. The molecule has 2 aromatic rings. The number of carbonyl (C=O) groups excluding carboxylic acids is 2. The highest BCUT2D eigenvalue weighted by Crippen LogP contribution is 2.29. The third-order valence-electron chi connectivity index (χ3n) is 7.58. The minimum atomic E-state index is -0.267. The summed E-state index contributed by atoms with van der Waals surface area (Å²) in [7, 11) is 0. The molecule has 2 saturated heterocycles. The van der Waals surface area contributed by atoms with Crippen molar-refractivity contribution in [1.29, 1.82) is 0 Å². The molecule has 2 aromatic heterocycles. The SMILES string of the molecule is CCC(C)NC(=O)c1cnc(N2CCN(C3CCN(C(=O)c4ccc(Cl)nc4N)CC3)[C@@H](CC)C2)c(Cl)n1. The summed E-state index contributed by atoms with van der Waals surface area (Å²) in [6, 6.07) is 4.00. The zero-order chi connectivity index (χ0) is 27.4. The first kappa shape index (κ1) is 28.3. The first-order valence-corrected chi connectivity index (χ1v) is 14.0. The van der Waals surface area contributed by atoms with Crippen molar-refractivity contribution in [3.05, 3.63) is 39.9 Å². The average Bonchev–Trinajstić information content (AvgIpc) is 2.92. The molecule has 1 unspecified atom stereocenters. The van der Waals surface area contributed by atoms with Gasteiger partial charge < -0.3 is 20.9 Å². The van der Waals surface area contributed by atoms with E-state index in [2.05, 4.69) is 37.0 Å². The summed E-state index contributed by atoms with van der Waals surface area (Å²) < 4.78 is 0. The predicted molar refractivity (Wildman–Crippen MR) is 150 cm³/mol. The molecular formula is C26H36Cl2N8O2. The van der Waals surface area contributed by atoms with Gasteiger partial charge in [0, 0.05) is 50.8 Å². The highest BCUT2D eigenvalue weighted by molar-refractivity contribution is 6.32. The summed E-state index contributed by atoms with van der Waals surface area (Å²) in [5.74, 6) is 0.407. The Hall–Kier alpha value is -2.69. The smallest absolute Gasteiger partial charge is 0.271 e. The zero-order valence-electron chi connectivity index (χ0n) is 22.2. The van der Waals surface area contributed by atoms with Crippen molar-refractivity contribution in [1.82, 2.24) is 30.1 Å². The highest BCUT2D eigenvalue weighted by atomic mass is 35.5. The quantitative estimate of drug-likeness (QED) is 0.492. The van der Waals surface area contributed by atoms with Crippen molar-refractivity contribution in [3.63, 3.8) is 0 Å². The maximum atomic E-state index is 13.0. The molecule has 3 N–H and O–H groups in total. The summed E-state index contributed by atoms with van der Waals surface area (Å²) in [4.78, 5) is 44.8. The molecule has 38 heavy (non-hydrogen) atoms. The van der Waals surface area contributed by atoms with Crippen LogP contribution in [0.15, 0.2) is 18.3 Å². The van der Waals surface area contributed by atoms with Crippen LogP contribution < -0.4 is 16.0 Å². The van der Waals surface area contributed by atoms with Crippen molar-refractivity contribution in [2.75, 3.05) is 43.4 Å². The fourth-order valence-corrected chi connectivity index (χ4v) is 5.60. The van der Waals surface area contributed by atoms with Crippen LogP contribution in [0, 0.1) is 0 Å². The van der Waals surface area contributed by atoms with Gasteiger partial charge in [-0.3, -0.25) is 14.5 Å². The number of aromatic nitrogens is 3. The number of hydrogen-bond acceptors (Lipinski definition) is 8. The van der Waals surface area contributed by atoms with Crippen LogP contribution in [0.1, 0.15) is 67.3 Å². The van der Waals surface area contributed by atoms with Gasteiger partial charge >= 0.3 is 0 Å². The standard InChI is InChI=1S/C26H36Cl2N8O2/c1-4-16(3)31-25(37)20-14-30-24(22(28)32-20)35-12-13-36(17(5-2)15-35)18-8-10-34(11-9-18)26(38)19-6-7-21(27)33-23(19)29/h6-7,14,16-18H,4-5,8-13,15H2,1-3H3,(H2,29,33)(H,31,37)/t16?,17-/m0/s1. The number of rotatable bonds is 7. The number of anilines is 2. The number of nitrogens with zero attached hydrogens (tertiary/aromatic N) is 6. The van der Waals surface area contributed by atoms with Gasteiger partial charge in [0.1, 0.15) is 16.7 Å². The summed E-state index contributed by atoms with van der Waals surface area (Å²) in [6.45, 7) is 9.87. The minimum Gasteiger partial charge on any atom is -0.383 e. The summed E-state index contributed by atoms with van der Waals surface area (Å²) >= 11 is 12.4. The second kappa shape index (κ2) is 12.4. The van der Waals surface area contributed by atoms with E-state index in [4.69, 9.17) is 28.9 Å². The van der Waals surface area contributed by atoms with Crippen molar-refractivity contribution in [3.8, 4) is 0 Å². The molecule has 4 heterocycles. The maximum Gasteiger partial charge on any atom is 0.271 e. The molecule has 2 fully saturated rings. The number of hydrogen-bond donors (Lipinski definition) is 2. The van der Waals surface area contributed by atoms with Crippen LogP contribution in [0.25, 0.3) is 0 Å². The van der Waals surface area contributed by atoms with Gasteiger partial charge in [0.05, 0.1) is 11.8 Å². The van der Waals surface area contributed by atoms with Gasteiger partial charge in [-0.05, 0) is 44.7 Å². The molecule has 206 valence electrons. The lowest BCUT2D eigenvalue weighted by molar-refractivity contribution is 0.0491. The number of nitrogens with two attached hydrogens (primary N) is 1. The summed E-state index contributed by atoms with van der Waals surface area (Å²) in [5.41, 5.74) is 6.56. The van der Waals surface area contributed by atoms with E-state index in [1.54, 1.807) is 12.1 Å². The number of carbonyl (C=O) groups is 2. The third-order valence-corrected chi connectivity index (χ3v) is 8.04. The number of nitrogen functional groups attached to an aromatic ring is 1. The highest BCUT2D eigenvalue weighted by Gasteiger charge is 2.35. The van der Waals surface area contributed by atoms with Crippen molar-refractivity contribution in [2.24, 2.45) is 0 Å². The molecular weight excluding hydrogens is 527 g/mol. The molecule has 4 rings (SSSR count). The summed E-state index contributed by atoms with van der Waals surface area (Å²) in [6.07, 6.45) is 5.09. The topological polar surface area (TPSA) is 121 Å². The summed E-state index contributed by atoms with van der Waals surface area (Å²) in [5, 5.41) is 3.41. The first-order valence-electron chi connectivity index (χ1n) is 13.3. The Kier molecular flexibility index (Phi) is 9.27. The number of nitrogens with one attached hydrogen (secondary N) is 1. The molecule has 0 saturated carbocycles. The fourth-order valence-electron chi connectivity index (χ4n) is 5.19. The molecule has 0 radical (unpaired) electrons. The van der Waals surface area contributed by atoms with E-state index < -0.39 is 0 Å². The number of piperidine rings is 1. The number of amides is 2. The van der Waals surface area contributed by atoms with E-state index in [-0.39, 0.29) is 39.7 Å². The van der Waals surface area contributed by atoms with Gasteiger partial charge in [-0.15, -0.1) is 0 Å². The number of pyridine rings is 1. The van der Waals surface area contributed by atoms with E-state index in [1.165, 1.54) is 6.20 Å². The van der Waals surface area contributed by atoms with Crippen LogP contribution >= 0.6 is 23.2 Å². The monoisotopic (exact) mass is 562 g/mol. The van der Waals surface area contributed by atoms with E-state index >= 15 is 0 Å². The van der Waals surface area contributed by atoms with Gasteiger partial charge in [-0.25, -0.2) is 15.0 Å². The Bertz CT molecular complexity index is 1160. The van der Waals surface area contributed by atoms with E-state index in [0.717, 1.165) is 45.3 Å². The maximum absolute atomic E-state index is 13.0. The van der Waals surface area contributed by atoms with Crippen LogP contribution in [-0.2, 0) is 0 Å². The van der Waals surface area contributed by atoms with Gasteiger partial charge in [0.2, 0.25) is 0 Å². The Morgan fingerprint density at radius 2 is 1.87 bits per heavy atom. The molecule has 12 heteroatoms. The van der Waals surface area contributed by atoms with Crippen LogP contribution in [-0.4, -0.2) is 87.4 Å². The second-order valence-corrected chi connectivity index (χ2v) is 10.7. The average molecular weight is 564 g/mol. The fraction of sp³-hybridized carbons (Fsp3) is 0.577. The molecule has 2 amide bonds. The van der Waals surface area contributed by atoms with Crippen LogP contribution in [0.3, 0.4) is 0 Å². The van der Waals surface area contributed by atoms with E-state index in [0.29, 0.717) is 36.6 Å². The molecule has 2 aliphatic rings. The van der Waals surface area contributed by atoms with Gasteiger partial charge in [0.25, 0.3) is 11.8 Å². The molecule has 2 atom stereocenters. The molecule has 0 bridgehead atoms. The van der Waals surface area contributed by atoms with Crippen molar-refractivity contribution in [2.45, 2.75) is 64.6 Å². The van der Waals surface area contributed by atoms with Crippen LogP contribution in [0.2, 0.25) is 10.3 Å². The molecule has 0 aliphatic carbocycles. The van der Waals surface area contributed by atoms with E-state index in [1.807, 2.05) is 18.7 Å². The largest absolute Gasteiger partial charge is 0.383 e. The Morgan fingerprint density at radius 1 is 1.13 bits per heavy atom. The molecule has 10 nitrogen and oxygen atoms in total. The normalized spacial score (nSPS) is 19.9. The first-order chi connectivity index (χ1) is 18.2. The lowest BCUT2D eigenvalue weighted by Gasteiger charge is -2.47. The number of piperazine rings is 1. The second-order valence-electron chi connectivity index (χ2n) is 9.99. The Balaban J connectivity index is 1.36. The number of halogens is 2. The molecule has 0 spiro atoms. The van der Waals surface area contributed by atoms with E-state index in [9.17, 15) is 9.59 Å². The number of likely N-dealkylation sites (tertiary alicyclic amines) is 1. The van der Waals surface area contributed by atoms with Crippen molar-refractivity contribution >= 4 is 46.7 Å². The molecule has 0 aromatic carbocycles. The van der Waals surface area contributed by atoms with Gasteiger partial charge in [-0.2, -0.15) is 0 Å². The molecule has 2 aliphatic heterocycles. The van der Waals surface area contributed by atoms with Crippen molar-refractivity contribution < 1.29 is 9.59 Å². The zero-order valence-corrected chi connectivity index (χ0v) is 23.7.